The lowest BCUT2D eigenvalue weighted by atomic mass is 9.74. The van der Waals surface area contributed by atoms with Crippen LogP contribution in [0.25, 0.3) is 17.2 Å². The molecule has 0 radical (unpaired) electrons. The molecule has 172 valence electrons. The van der Waals surface area contributed by atoms with Crippen molar-refractivity contribution in [3.63, 3.8) is 0 Å². The Morgan fingerprint density at radius 2 is 1.47 bits per heavy atom. The Bertz CT molecular complexity index is 992. The van der Waals surface area contributed by atoms with Crippen LogP contribution in [0, 0.1) is 40.9 Å². The van der Waals surface area contributed by atoms with Gasteiger partial charge < -0.3 is 0 Å². The molecule has 0 aromatic heterocycles. The van der Waals surface area contributed by atoms with Crippen molar-refractivity contribution in [3.8, 4) is 11.1 Å². The minimum Gasteiger partial charge on any atom is -0.206 e. The topological polar surface area (TPSA) is 0 Å². The highest BCUT2D eigenvalue weighted by atomic mass is 19.2. The number of rotatable bonds is 6. The van der Waals surface area contributed by atoms with Crippen molar-refractivity contribution in [1.82, 2.24) is 0 Å². The van der Waals surface area contributed by atoms with Gasteiger partial charge in [-0.2, -0.15) is 0 Å². The molecule has 0 bridgehead atoms. The minimum absolute atomic E-state index is 0.338. The maximum absolute atomic E-state index is 15.2. The molecule has 2 aliphatic rings. The molecule has 2 aromatic carbocycles. The number of fused-ring (bicyclic) bond motifs is 1. The highest BCUT2D eigenvalue weighted by molar-refractivity contribution is 5.71. The van der Waals surface area contributed by atoms with Gasteiger partial charge in [0.2, 0.25) is 0 Å². The summed E-state index contributed by atoms with van der Waals surface area (Å²) in [7, 11) is 0. The highest BCUT2D eigenvalue weighted by Crippen LogP contribution is 2.41. The van der Waals surface area contributed by atoms with Gasteiger partial charge in [-0.25, -0.2) is 22.0 Å². The summed E-state index contributed by atoms with van der Waals surface area (Å²) >= 11 is 0. The van der Waals surface area contributed by atoms with Crippen LogP contribution in [0.1, 0.15) is 75.8 Å². The lowest BCUT2D eigenvalue weighted by Gasteiger charge is -2.32. The Kier molecular flexibility index (Phi) is 7.02. The molecule has 2 aromatic rings. The van der Waals surface area contributed by atoms with Crippen LogP contribution in [-0.2, 0) is 6.42 Å². The number of hydrogen-bond acceptors (Lipinski definition) is 0. The van der Waals surface area contributed by atoms with Gasteiger partial charge in [-0.05, 0) is 85.3 Å². The molecule has 0 atom stereocenters. The summed E-state index contributed by atoms with van der Waals surface area (Å²) in [5.74, 6) is -5.06. The van der Waals surface area contributed by atoms with Gasteiger partial charge in [-0.1, -0.05) is 44.3 Å². The van der Waals surface area contributed by atoms with Crippen LogP contribution in [0.2, 0.25) is 0 Å². The van der Waals surface area contributed by atoms with Gasteiger partial charge in [-0.15, -0.1) is 0 Å². The first kappa shape index (κ1) is 23.0. The van der Waals surface area contributed by atoms with Crippen LogP contribution in [0.4, 0.5) is 22.0 Å². The van der Waals surface area contributed by atoms with E-state index in [-0.39, 0.29) is 5.56 Å². The van der Waals surface area contributed by atoms with Crippen molar-refractivity contribution in [2.45, 2.75) is 71.1 Å². The Morgan fingerprint density at radius 3 is 2.12 bits per heavy atom. The molecule has 0 saturated heterocycles. The standard InChI is InChI=1S/C27H29F5/c1-2-3-4-5-16-6-8-17(9-7-16)18-10-11-21-19(12-18)13-22(28)25(26(21)31)20-14-23(29)27(32)24(30)15-20/h12-17H,2-11H2,1H3. The molecular formula is C27H29F5. The lowest BCUT2D eigenvalue weighted by Crippen LogP contribution is -2.18. The van der Waals surface area contributed by atoms with Crippen LogP contribution >= 0.6 is 0 Å². The van der Waals surface area contributed by atoms with E-state index in [0.717, 1.165) is 18.8 Å². The maximum atomic E-state index is 15.2. The number of allylic oxidation sites excluding steroid dienone is 1. The fourth-order valence-corrected chi connectivity index (χ4v) is 5.39. The number of unbranched alkanes of at least 4 members (excludes halogenated alkanes) is 2. The molecule has 1 fully saturated rings. The van der Waals surface area contributed by atoms with E-state index in [0.29, 0.717) is 42.0 Å². The molecule has 0 N–H and O–H groups in total. The second-order valence-electron chi connectivity index (χ2n) is 9.30. The maximum Gasteiger partial charge on any atom is 0.194 e. The Labute approximate surface area is 186 Å². The fourth-order valence-electron chi connectivity index (χ4n) is 5.39. The van der Waals surface area contributed by atoms with Gasteiger partial charge in [0.25, 0.3) is 0 Å². The van der Waals surface area contributed by atoms with Gasteiger partial charge in [0.1, 0.15) is 11.6 Å². The van der Waals surface area contributed by atoms with Gasteiger partial charge >= 0.3 is 0 Å². The quantitative estimate of drug-likeness (QED) is 0.235. The summed E-state index contributed by atoms with van der Waals surface area (Å²) in [6.07, 6.45) is 12.8. The van der Waals surface area contributed by atoms with Crippen molar-refractivity contribution < 1.29 is 22.0 Å². The summed E-state index contributed by atoms with van der Waals surface area (Å²) in [5.41, 5.74) is 1.25. The molecule has 0 unspecified atom stereocenters. The van der Waals surface area contributed by atoms with E-state index in [1.807, 2.05) is 6.08 Å². The Hall–Kier alpha value is -2.17. The predicted octanol–water partition coefficient (Wildman–Crippen LogP) is 8.77. The molecular weight excluding hydrogens is 419 g/mol. The molecule has 0 nitrogen and oxygen atoms in total. The molecule has 0 spiro atoms. The third kappa shape index (κ3) is 4.62. The molecule has 2 aliphatic carbocycles. The van der Waals surface area contributed by atoms with E-state index < -0.39 is 34.6 Å². The van der Waals surface area contributed by atoms with Gasteiger partial charge in [0.15, 0.2) is 17.5 Å². The summed E-state index contributed by atoms with van der Waals surface area (Å²) in [6.45, 7) is 2.22. The third-order valence-electron chi connectivity index (χ3n) is 7.22. The fraction of sp³-hybridized carbons (Fsp3) is 0.481. The summed E-state index contributed by atoms with van der Waals surface area (Å²) in [4.78, 5) is 0. The molecule has 0 aliphatic heterocycles. The molecule has 0 heterocycles. The zero-order valence-electron chi connectivity index (χ0n) is 18.4. The van der Waals surface area contributed by atoms with Crippen molar-refractivity contribution >= 4 is 6.08 Å². The first-order chi connectivity index (χ1) is 15.4. The second-order valence-corrected chi connectivity index (χ2v) is 9.30. The summed E-state index contributed by atoms with van der Waals surface area (Å²) in [5, 5.41) is 0. The average Bonchev–Trinajstić information content (AvgIpc) is 2.77. The third-order valence-corrected chi connectivity index (χ3v) is 7.22. The van der Waals surface area contributed by atoms with E-state index in [9.17, 15) is 17.6 Å². The monoisotopic (exact) mass is 448 g/mol. The summed E-state index contributed by atoms with van der Waals surface area (Å²) in [6, 6.07) is 2.51. The highest BCUT2D eigenvalue weighted by Gasteiger charge is 2.28. The lowest BCUT2D eigenvalue weighted by molar-refractivity contribution is 0.279. The molecule has 4 rings (SSSR count). The van der Waals surface area contributed by atoms with Crippen molar-refractivity contribution in [3.05, 3.63) is 64.0 Å². The molecule has 1 saturated carbocycles. The van der Waals surface area contributed by atoms with Gasteiger partial charge in [-0.3, -0.25) is 0 Å². The van der Waals surface area contributed by atoms with Crippen LogP contribution in [0.5, 0.6) is 0 Å². The average molecular weight is 449 g/mol. The smallest absolute Gasteiger partial charge is 0.194 e. The first-order valence-electron chi connectivity index (χ1n) is 11.7. The van der Waals surface area contributed by atoms with Gasteiger partial charge in [0.05, 0.1) is 5.56 Å². The number of benzene rings is 2. The Morgan fingerprint density at radius 1 is 0.781 bits per heavy atom. The van der Waals surface area contributed by atoms with E-state index in [4.69, 9.17) is 0 Å². The first-order valence-corrected chi connectivity index (χ1v) is 11.7. The molecule has 5 heteroatoms. The van der Waals surface area contributed by atoms with Crippen LogP contribution in [0.15, 0.2) is 23.8 Å². The van der Waals surface area contributed by atoms with E-state index >= 15 is 4.39 Å². The van der Waals surface area contributed by atoms with E-state index in [1.54, 1.807) is 0 Å². The number of halogens is 5. The van der Waals surface area contributed by atoms with E-state index in [2.05, 4.69) is 6.92 Å². The normalized spacial score (nSPS) is 20.8. The van der Waals surface area contributed by atoms with Crippen LogP contribution < -0.4 is 0 Å². The van der Waals surface area contributed by atoms with Crippen molar-refractivity contribution in [2.24, 2.45) is 11.8 Å². The largest absolute Gasteiger partial charge is 0.206 e. The summed E-state index contributed by atoms with van der Waals surface area (Å²) < 4.78 is 70.6. The van der Waals surface area contributed by atoms with E-state index in [1.165, 1.54) is 50.2 Å². The zero-order valence-corrected chi connectivity index (χ0v) is 18.4. The molecule has 32 heavy (non-hydrogen) atoms. The zero-order chi connectivity index (χ0) is 22.8. The van der Waals surface area contributed by atoms with Crippen molar-refractivity contribution in [1.29, 1.82) is 0 Å². The minimum atomic E-state index is -1.65. The van der Waals surface area contributed by atoms with Crippen LogP contribution in [0.3, 0.4) is 0 Å². The van der Waals surface area contributed by atoms with Crippen molar-refractivity contribution in [2.75, 3.05) is 0 Å². The Balaban J connectivity index is 1.55. The number of hydrogen-bond donors (Lipinski definition) is 0. The van der Waals surface area contributed by atoms with Crippen LogP contribution in [-0.4, -0.2) is 0 Å². The second kappa shape index (κ2) is 9.76. The molecule has 0 amide bonds. The predicted molar refractivity (Wildman–Crippen MR) is 118 cm³/mol. The SMILES string of the molecule is CCCCCC1CCC(C2=Cc3cc(F)c(-c4cc(F)c(F)c(F)c4)c(F)c3CC2)CC1. The van der Waals surface area contributed by atoms with Gasteiger partial charge in [0, 0.05) is 0 Å².